The molecule has 0 aliphatic carbocycles. The summed E-state index contributed by atoms with van der Waals surface area (Å²) in [6.07, 6.45) is 2.27. The molecule has 0 radical (unpaired) electrons. The van der Waals surface area contributed by atoms with Crippen LogP contribution in [0.5, 0.6) is 0 Å². The number of nitrogens with zero attached hydrogens (tertiary/aromatic N) is 1. The Balaban J connectivity index is 1.49. The Bertz CT molecular complexity index is 980. The first kappa shape index (κ1) is 19.0. The van der Waals surface area contributed by atoms with Crippen LogP contribution in [0.25, 0.3) is 10.9 Å². The third kappa shape index (κ3) is 4.75. The second-order valence-electron chi connectivity index (χ2n) is 7.06. The van der Waals surface area contributed by atoms with Crippen molar-refractivity contribution in [3.8, 4) is 0 Å². The number of morpholine rings is 1. The van der Waals surface area contributed by atoms with Gasteiger partial charge in [0.05, 0.1) is 13.2 Å². The van der Waals surface area contributed by atoms with Crippen molar-refractivity contribution in [2.24, 2.45) is 0 Å². The highest BCUT2D eigenvalue weighted by Gasteiger charge is 2.25. The first-order chi connectivity index (χ1) is 14.2. The molecule has 1 atom stereocenters. The molecule has 1 aromatic heterocycles. The predicted octanol–water partition coefficient (Wildman–Crippen LogP) is 2.76. The van der Waals surface area contributed by atoms with Crippen LogP contribution in [0.4, 0.5) is 10.5 Å². The first-order valence-electron chi connectivity index (χ1n) is 9.74. The minimum atomic E-state index is -0.685. The Morgan fingerprint density at radius 2 is 1.86 bits per heavy atom. The number of carbonyl (C=O) groups is 2. The number of hydrogen-bond donors (Lipinski definition) is 3. The number of aromatic nitrogens is 1. The van der Waals surface area contributed by atoms with E-state index in [1.165, 1.54) is 0 Å². The van der Waals surface area contributed by atoms with E-state index < -0.39 is 6.04 Å². The summed E-state index contributed by atoms with van der Waals surface area (Å²) in [4.78, 5) is 30.5. The molecule has 2 aromatic carbocycles. The van der Waals surface area contributed by atoms with Gasteiger partial charge < -0.3 is 25.3 Å². The highest BCUT2D eigenvalue weighted by Crippen LogP contribution is 2.18. The summed E-state index contributed by atoms with van der Waals surface area (Å²) in [5.41, 5.74) is 2.68. The highest BCUT2D eigenvalue weighted by atomic mass is 16.5. The molecule has 3 aromatic rings. The lowest BCUT2D eigenvalue weighted by atomic mass is 10.1. The molecule has 3 amide bonds. The monoisotopic (exact) mass is 392 g/mol. The number of benzene rings is 2. The minimum Gasteiger partial charge on any atom is -0.378 e. The summed E-state index contributed by atoms with van der Waals surface area (Å²) in [7, 11) is 0. The van der Waals surface area contributed by atoms with Gasteiger partial charge in [0.15, 0.2) is 0 Å². The summed E-state index contributed by atoms with van der Waals surface area (Å²) in [5.74, 6) is -0.245. The lowest BCUT2D eigenvalue weighted by Gasteiger charge is -2.29. The van der Waals surface area contributed by atoms with Crippen molar-refractivity contribution in [2.45, 2.75) is 12.5 Å². The second-order valence-corrected chi connectivity index (χ2v) is 7.06. The molecular weight excluding hydrogens is 368 g/mol. The number of rotatable bonds is 5. The number of nitrogens with one attached hydrogen (secondary N) is 3. The Morgan fingerprint density at radius 3 is 2.66 bits per heavy atom. The Hall–Kier alpha value is -3.32. The van der Waals surface area contributed by atoms with Crippen molar-refractivity contribution < 1.29 is 14.3 Å². The van der Waals surface area contributed by atoms with Crippen LogP contribution in [0, 0.1) is 0 Å². The number of hydrogen-bond acceptors (Lipinski definition) is 3. The van der Waals surface area contributed by atoms with Gasteiger partial charge in [-0.2, -0.15) is 0 Å². The smallest absolute Gasteiger partial charge is 0.318 e. The van der Waals surface area contributed by atoms with Gasteiger partial charge in [-0.15, -0.1) is 0 Å². The fourth-order valence-corrected chi connectivity index (χ4v) is 3.43. The number of ether oxygens (including phenoxy) is 1. The van der Waals surface area contributed by atoms with E-state index >= 15 is 0 Å². The molecule has 3 N–H and O–H groups in total. The number of aromatic amines is 1. The van der Waals surface area contributed by atoms with Crippen molar-refractivity contribution in [3.63, 3.8) is 0 Å². The van der Waals surface area contributed by atoms with E-state index in [4.69, 9.17) is 4.74 Å². The van der Waals surface area contributed by atoms with E-state index in [0.717, 1.165) is 16.5 Å². The molecule has 0 spiro atoms. The van der Waals surface area contributed by atoms with Crippen LogP contribution in [0.15, 0.2) is 60.8 Å². The number of anilines is 1. The number of carbonyl (C=O) groups excluding carboxylic acids is 2. The van der Waals surface area contributed by atoms with Gasteiger partial charge in [0, 0.05) is 42.3 Å². The maximum Gasteiger partial charge on any atom is 0.318 e. The molecule has 7 heteroatoms. The molecule has 0 unspecified atom stereocenters. The van der Waals surface area contributed by atoms with E-state index in [9.17, 15) is 9.59 Å². The molecular formula is C22H24N4O3. The Labute approximate surface area is 169 Å². The fourth-order valence-electron chi connectivity index (χ4n) is 3.43. The Kier molecular flexibility index (Phi) is 5.76. The average molecular weight is 392 g/mol. The number of H-pyrrole nitrogens is 1. The molecule has 0 saturated carbocycles. The molecule has 7 nitrogen and oxygen atoms in total. The van der Waals surface area contributed by atoms with Crippen molar-refractivity contribution in [1.29, 1.82) is 0 Å². The number of amides is 3. The topological polar surface area (TPSA) is 86.5 Å². The normalized spacial score (nSPS) is 15.1. The van der Waals surface area contributed by atoms with Crippen molar-refractivity contribution in [2.75, 3.05) is 31.6 Å². The molecule has 150 valence electrons. The zero-order valence-corrected chi connectivity index (χ0v) is 16.1. The lowest BCUT2D eigenvalue weighted by molar-refractivity contribution is -0.118. The van der Waals surface area contributed by atoms with Crippen molar-refractivity contribution in [1.82, 2.24) is 15.2 Å². The van der Waals surface area contributed by atoms with E-state index in [0.29, 0.717) is 38.4 Å². The van der Waals surface area contributed by atoms with Crippen molar-refractivity contribution >= 4 is 28.5 Å². The average Bonchev–Trinajstić information content (AvgIpc) is 3.22. The molecule has 4 rings (SSSR count). The van der Waals surface area contributed by atoms with Crippen LogP contribution >= 0.6 is 0 Å². The largest absolute Gasteiger partial charge is 0.378 e. The summed E-state index contributed by atoms with van der Waals surface area (Å²) in [6, 6.07) is 16.4. The van der Waals surface area contributed by atoms with Gasteiger partial charge in [0.25, 0.3) is 0 Å². The third-order valence-electron chi connectivity index (χ3n) is 5.02. The standard InChI is InChI=1S/C22H24N4O3/c27-21(24-18-6-7-19-17(15-18)8-9-23-19)20(14-16-4-2-1-3-5-16)25-22(28)26-10-12-29-13-11-26/h1-9,15,20,23H,10-14H2,(H,24,27)(H,25,28)/t20-/m0/s1. The molecule has 1 saturated heterocycles. The minimum absolute atomic E-state index is 0.245. The summed E-state index contributed by atoms with van der Waals surface area (Å²) >= 11 is 0. The van der Waals surface area contributed by atoms with Crippen molar-refractivity contribution in [3.05, 3.63) is 66.4 Å². The SMILES string of the molecule is O=C(Nc1ccc2[nH]ccc2c1)[C@H](Cc1ccccc1)NC(=O)N1CCOCC1. The first-order valence-corrected chi connectivity index (χ1v) is 9.74. The zero-order valence-electron chi connectivity index (χ0n) is 16.1. The summed E-state index contributed by atoms with van der Waals surface area (Å²) in [6.45, 7) is 2.07. The zero-order chi connectivity index (χ0) is 20.1. The van der Waals surface area contributed by atoms with Crippen LogP contribution in [-0.4, -0.2) is 54.2 Å². The van der Waals surface area contributed by atoms with E-state index in [-0.39, 0.29) is 11.9 Å². The van der Waals surface area contributed by atoms with Gasteiger partial charge in [0.2, 0.25) is 5.91 Å². The molecule has 29 heavy (non-hydrogen) atoms. The maximum atomic E-state index is 13.0. The quantitative estimate of drug-likeness (QED) is 0.624. The van der Waals surface area contributed by atoms with Gasteiger partial charge in [-0.1, -0.05) is 30.3 Å². The van der Waals surface area contributed by atoms with Gasteiger partial charge in [-0.05, 0) is 29.8 Å². The highest BCUT2D eigenvalue weighted by molar-refractivity contribution is 5.98. The molecule has 1 fully saturated rings. The van der Waals surface area contributed by atoms with Crippen LogP contribution in [0.1, 0.15) is 5.56 Å². The Morgan fingerprint density at radius 1 is 1.07 bits per heavy atom. The van der Waals surface area contributed by atoms with E-state index in [1.54, 1.807) is 4.90 Å². The second kappa shape index (κ2) is 8.79. The molecule has 0 bridgehead atoms. The van der Waals surface area contributed by atoms with Crippen LogP contribution < -0.4 is 10.6 Å². The summed E-state index contributed by atoms with van der Waals surface area (Å²) < 4.78 is 5.30. The van der Waals surface area contributed by atoms with Crippen LogP contribution in [-0.2, 0) is 16.0 Å². The van der Waals surface area contributed by atoms with Crippen LogP contribution in [0.3, 0.4) is 0 Å². The molecule has 1 aliphatic rings. The van der Waals surface area contributed by atoms with Gasteiger partial charge in [0.1, 0.15) is 6.04 Å². The van der Waals surface area contributed by atoms with E-state index in [2.05, 4.69) is 15.6 Å². The van der Waals surface area contributed by atoms with Gasteiger partial charge in [-0.3, -0.25) is 4.79 Å². The van der Waals surface area contributed by atoms with Gasteiger partial charge >= 0.3 is 6.03 Å². The summed E-state index contributed by atoms with van der Waals surface area (Å²) in [5, 5.41) is 6.86. The number of fused-ring (bicyclic) bond motifs is 1. The maximum absolute atomic E-state index is 13.0. The fraction of sp³-hybridized carbons (Fsp3) is 0.273. The third-order valence-corrected chi connectivity index (χ3v) is 5.02. The van der Waals surface area contributed by atoms with Gasteiger partial charge in [-0.25, -0.2) is 4.79 Å². The van der Waals surface area contributed by atoms with Crippen LogP contribution in [0.2, 0.25) is 0 Å². The molecule has 1 aliphatic heterocycles. The van der Waals surface area contributed by atoms with E-state index in [1.807, 2.05) is 60.8 Å². The number of urea groups is 1. The predicted molar refractivity (Wildman–Crippen MR) is 112 cm³/mol. The lowest BCUT2D eigenvalue weighted by Crippen LogP contribution is -2.53. The molecule has 2 heterocycles.